The predicted octanol–water partition coefficient (Wildman–Crippen LogP) is 1.43. The molecule has 0 radical (unpaired) electrons. The molecule has 0 aromatic heterocycles. The van der Waals surface area contributed by atoms with Gasteiger partial charge in [-0.1, -0.05) is 25.7 Å². The molecular weight excluding hydrogens is 202 g/mol. The van der Waals surface area contributed by atoms with Crippen molar-refractivity contribution in [2.75, 3.05) is 6.54 Å². The Balaban J connectivity index is 1.72. The molecule has 3 nitrogen and oxygen atoms in total. The second-order valence-electron chi connectivity index (χ2n) is 5.48. The molecule has 94 valence electrons. The first kappa shape index (κ1) is 12.3. The molecule has 0 aliphatic heterocycles. The number of hydrogen-bond acceptors (Lipinski definition) is 3. The first-order chi connectivity index (χ1) is 7.77. The van der Waals surface area contributed by atoms with E-state index in [-0.39, 0.29) is 18.2 Å². The molecule has 2 unspecified atom stereocenters. The molecule has 0 heterocycles. The molecule has 16 heavy (non-hydrogen) atoms. The Morgan fingerprint density at radius 3 is 2.12 bits per heavy atom. The van der Waals surface area contributed by atoms with E-state index in [1.54, 1.807) is 0 Å². The summed E-state index contributed by atoms with van der Waals surface area (Å²) in [6.45, 7) is 0.878. The van der Waals surface area contributed by atoms with Gasteiger partial charge in [-0.15, -0.1) is 0 Å². The van der Waals surface area contributed by atoms with E-state index in [0.717, 1.165) is 38.6 Å². The molecule has 0 bridgehead atoms. The molecular formula is C13H25NO2. The van der Waals surface area contributed by atoms with Crippen molar-refractivity contribution in [3.8, 4) is 0 Å². The van der Waals surface area contributed by atoms with E-state index in [0.29, 0.717) is 5.92 Å². The number of nitrogens with one attached hydrogen (secondary N) is 1. The van der Waals surface area contributed by atoms with E-state index >= 15 is 0 Å². The molecule has 2 aliphatic rings. The zero-order valence-corrected chi connectivity index (χ0v) is 10.1. The molecule has 0 spiro atoms. The van der Waals surface area contributed by atoms with Gasteiger partial charge < -0.3 is 15.5 Å². The van der Waals surface area contributed by atoms with E-state index in [4.69, 9.17) is 0 Å². The topological polar surface area (TPSA) is 52.5 Å². The van der Waals surface area contributed by atoms with Crippen LogP contribution in [0.25, 0.3) is 0 Å². The summed E-state index contributed by atoms with van der Waals surface area (Å²) in [5, 5.41) is 23.2. The van der Waals surface area contributed by atoms with Crippen molar-refractivity contribution in [1.29, 1.82) is 0 Å². The van der Waals surface area contributed by atoms with Gasteiger partial charge in [-0.05, 0) is 31.6 Å². The number of rotatable bonds is 3. The van der Waals surface area contributed by atoms with Crippen molar-refractivity contribution >= 4 is 0 Å². The summed E-state index contributed by atoms with van der Waals surface area (Å²) in [5.74, 6) is 0.405. The smallest absolute Gasteiger partial charge is 0.0693 e. The Hall–Kier alpha value is -0.120. The molecule has 0 saturated heterocycles. The van der Waals surface area contributed by atoms with E-state index in [2.05, 4.69) is 5.32 Å². The third-order valence-electron chi connectivity index (χ3n) is 4.24. The first-order valence-corrected chi connectivity index (χ1v) is 6.87. The van der Waals surface area contributed by atoms with Crippen LogP contribution in [-0.2, 0) is 0 Å². The van der Waals surface area contributed by atoms with Gasteiger partial charge in [0.05, 0.1) is 12.2 Å². The van der Waals surface area contributed by atoms with Crippen LogP contribution in [0.2, 0.25) is 0 Å². The number of aliphatic hydroxyl groups is 2. The monoisotopic (exact) mass is 227 g/mol. The quantitative estimate of drug-likeness (QED) is 0.683. The van der Waals surface area contributed by atoms with Crippen LogP contribution in [0.3, 0.4) is 0 Å². The van der Waals surface area contributed by atoms with Crippen molar-refractivity contribution in [3.63, 3.8) is 0 Å². The lowest BCUT2D eigenvalue weighted by atomic mass is 9.85. The highest BCUT2D eigenvalue weighted by atomic mass is 16.3. The van der Waals surface area contributed by atoms with Gasteiger partial charge in [-0.25, -0.2) is 0 Å². The van der Waals surface area contributed by atoms with Crippen LogP contribution in [0.15, 0.2) is 0 Å². The van der Waals surface area contributed by atoms with Crippen molar-refractivity contribution in [3.05, 3.63) is 0 Å². The molecule has 2 aliphatic carbocycles. The minimum Gasteiger partial charge on any atom is -0.393 e. The summed E-state index contributed by atoms with van der Waals surface area (Å²) in [6.07, 6.45) is 8.62. The van der Waals surface area contributed by atoms with Crippen molar-refractivity contribution in [2.24, 2.45) is 5.92 Å². The van der Waals surface area contributed by atoms with Crippen LogP contribution < -0.4 is 5.32 Å². The van der Waals surface area contributed by atoms with E-state index in [1.807, 2.05) is 0 Å². The van der Waals surface area contributed by atoms with E-state index in [1.165, 1.54) is 19.3 Å². The molecule has 4 atom stereocenters. The minimum atomic E-state index is -0.172. The second-order valence-corrected chi connectivity index (χ2v) is 5.48. The van der Waals surface area contributed by atoms with Crippen LogP contribution in [0.5, 0.6) is 0 Å². The van der Waals surface area contributed by atoms with Gasteiger partial charge in [0, 0.05) is 12.6 Å². The Kier molecular flexibility index (Phi) is 4.62. The SMILES string of the molecule is OC1CCCCC1CN[C@@H]1CCCC[C@H]1O. The molecule has 2 saturated carbocycles. The summed E-state index contributed by atoms with van der Waals surface area (Å²) in [5.41, 5.74) is 0. The maximum atomic E-state index is 9.86. The molecule has 0 aromatic rings. The summed E-state index contributed by atoms with van der Waals surface area (Å²) in [6, 6.07) is 0.267. The van der Waals surface area contributed by atoms with Gasteiger partial charge in [0.2, 0.25) is 0 Å². The van der Waals surface area contributed by atoms with Gasteiger partial charge in [0.15, 0.2) is 0 Å². The largest absolute Gasteiger partial charge is 0.393 e. The minimum absolute atomic E-state index is 0.123. The summed E-state index contributed by atoms with van der Waals surface area (Å²) < 4.78 is 0. The molecule has 3 heteroatoms. The number of hydrogen-bond donors (Lipinski definition) is 3. The zero-order valence-electron chi connectivity index (χ0n) is 10.1. The summed E-state index contributed by atoms with van der Waals surface area (Å²) in [7, 11) is 0. The highest BCUT2D eigenvalue weighted by molar-refractivity contribution is 4.83. The Morgan fingerprint density at radius 1 is 0.812 bits per heavy atom. The molecule has 0 aromatic carbocycles. The third-order valence-corrected chi connectivity index (χ3v) is 4.24. The lowest BCUT2D eigenvalue weighted by Crippen LogP contribution is -2.46. The van der Waals surface area contributed by atoms with Crippen molar-refractivity contribution in [1.82, 2.24) is 5.32 Å². The van der Waals surface area contributed by atoms with Gasteiger partial charge in [0.25, 0.3) is 0 Å². The second kappa shape index (κ2) is 5.99. The third kappa shape index (κ3) is 3.19. The standard InChI is InChI=1S/C13H25NO2/c15-12-7-3-1-5-10(12)9-14-11-6-2-4-8-13(11)16/h10-16H,1-9H2/t10?,11-,12?,13-/m1/s1. The lowest BCUT2D eigenvalue weighted by Gasteiger charge is -2.33. The van der Waals surface area contributed by atoms with E-state index < -0.39 is 0 Å². The number of aliphatic hydroxyl groups excluding tert-OH is 2. The maximum absolute atomic E-state index is 9.86. The molecule has 2 rings (SSSR count). The van der Waals surface area contributed by atoms with Crippen LogP contribution in [0.1, 0.15) is 51.4 Å². The lowest BCUT2D eigenvalue weighted by molar-refractivity contribution is 0.0529. The van der Waals surface area contributed by atoms with Crippen LogP contribution in [0.4, 0.5) is 0 Å². The fraction of sp³-hybridized carbons (Fsp3) is 1.00. The predicted molar refractivity (Wildman–Crippen MR) is 64.2 cm³/mol. The Morgan fingerprint density at radius 2 is 1.44 bits per heavy atom. The van der Waals surface area contributed by atoms with Gasteiger partial charge >= 0.3 is 0 Å². The fourth-order valence-electron chi connectivity index (χ4n) is 3.08. The highest BCUT2D eigenvalue weighted by Gasteiger charge is 2.26. The summed E-state index contributed by atoms with van der Waals surface area (Å²) in [4.78, 5) is 0. The molecule has 0 amide bonds. The Labute approximate surface area is 98.2 Å². The van der Waals surface area contributed by atoms with Gasteiger partial charge in [-0.3, -0.25) is 0 Å². The first-order valence-electron chi connectivity index (χ1n) is 6.87. The summed E-state index contributed by atoms with van der Waals surface area (Å²) >= 11 is 0. The zero-order chi connectivity index (χ0) is 11.4. The average Bonchev–Trinajstić information content (AvgIpc) is 2.30. The van der Waals surface area contributed by atoms with E-state index in [9.17, 15) is 10.2 Å². The average molecular weight is 227 g/mol. The fourth-order valence-corrected chi connectivity index (χ4v) is 3.08. The van der Waals surface area contributed by atoms with Gasteiger partial charge in [-0.2, -0.15) is 0 Å². The van der Waals surface area contributed by atoms with Crippen LogP contribution >= 0.6 is 0 Å². The normalized spacial score (nSPS) is 40.9. The molecule has 2 fully saturated rings. The Bertz CT molecular complexity index is 188. The van der Waals surface area contributed by atoms with Crippen LogP contribution in [0, 0.1) is 5.92 Å². The van der Waals surface area contributed by atoms with Crippen molar-refractivity contribution < 1.29 is 10.2 Å². The molecule has 3 N–H and O–H groups in total. The van der Waals surface area contributed by atoms with Crippen molar-refractivity contribution in [2.45, 2.75) is 69.6 Å². The van der Waals surface area contributed by atoms with Gasteiger partial charge in [0.1, 0.15) is 0 Å². The highest BCUT2D eigenvalue weighted by Crippen LogP contribution is 2.25. The maximum Gasteiger partial charge on any atom is 0.0693 e. The van der Waals surface area contributed by atoms with Crippen LogP contribution in [-0.4, -0.2) is 35.0 Å².